The van der Waals surface area contributed by atoms with Crippen LogP contribution in [0.3, 0.4) is 0 Å². The van der Waals surface area contributed by atoms with Crippen LogP contribution >= 0.6 is 0 Å². The number of ketones is 2. The molecule has 19 heteroatoms. The number of carboxylic acid groups (broad SMARTS) is 1. The zero-order valence-corrected chi connectivity index (χ0v) is 31.0. The van der Waals surface area contributed by atoms with Crippen LogP contribution in [0.15, 0.2) is 41.4 Å². The van der Waals surface area contributed by atoms with E-state index < -0.39 is 77.2 Å². The normalized spacial score (nSPS) is 16.8. The van der Waals surface area contributed by atoms with Gasteiger partial charge in [-0.1, -0.05) is 24.3 Å². The van der Waals surface area contributed by atoms with E-state index in [-0.39, 0.29) is 79.2 Å². The minimum absolute atomic E-state index is 0.0530. The van der Waals surface area contributed by atoms with Crippen LogP contribution in [0.5, 0.6) is 5.75 Å². The lowest BCUT2D eigenvalue weighted by atomic mass is 9.82. The Morgan fingerprint density at radius 1 is 0.911 bits per heavy atom. The van der Waals surface area contributed by atoms with Crippen LogP contribution in [0.4, 0.5) is 5.69 Å². The molecular weight excluding hydrogens is 730 g/mol. The SMILES string of the molecule is C[C@@H](O)[C@H](NC(=O)[C@H](CCCCNCC(N)=O)NC(=O)[C@@H]1CCCN1C(=O)[C@H](CCCN=C(N)N)Nc1ccc(O)c2c1C(=O)c1ccccc1C2=O)C(=O)O. The maximum absolute atomic E-state index is 14.4. The molecule has 19 nitrogen and oxygen atoms in total. The second-order valence-electron chi connectivity index (χ2n) is 13.7. The van der Waals surface area contributed by atoms with Crippen LogP contribution in [0, 0.1) is 0 Å². The van der Waals surface area contributed by atoms with Gasteiger partial charge < -0.3 is 58.7 Å². The highest BCUT2D eigenvalue weighted by molar-refractivity contribution is 6.31. The number of primary amides is 1. The second kappa shape index (κ2) is 19.5. The standard InChI is InChI=1S/C37H49N9O10/c1-19(47)30(36(55)56)45-33(52)23(10-4-5-15-41-18-27(38)49)44-34(53)25-12-7-17-46(25)35(54)24(11-6-16-42-37(39)40)43-22-13-14-26(48)29-28(22)31(50)20-8-2-3-9-21(20)32(29)51/h2-3,8-9,13-14,19,23-25,30,41,43,47-48H,4-7,10-12,15-18H2,1H3,(H2,38,49)(H,44,53)(H,45,52)(H,55,56)(H4,39,40,42)/t19-,23+,24+,25+,30+/m1/s1. The fourth-order valence-corrected chi connectivity index (χ4v) is 6.77. The van der Waals surface area contributed by atoms with Gasteiger partial charge in [0.2, 0.25) is 23.6 Å². The van der Waals surface area contributed by atoms with Crippen molar-refractivity contribution in [3.63, 3.8) is 0 Å². The summed E-state index contributed by atoms with van der Waals surface area (Å²) in [6, 6.07) is 3.80. The number of phenols is 1. The number of aromatic hydroxyl groups is 1. The van der Waals surface area contributed by atoms with E-state index in [2.05, 4.69) is 26.3 Å². The summed E-state index contributed by atoms with van der Waals surface area (Å²) in [7, 11) is 0. The number of carbonyl (C=O) groups excluding carboxylic acids is 6. The molecule has 302 valence electrons. The number of aliphatic imine (C=N–C) groups is 1. The first-order chi connectivity index (χ1) is 26.6. The number of nitrogens with one attached hydrogen (secondary N) is 4. The van der Waals surface area contributed by atoms with Crippen molar-refractivity contribution in [3.05, 3.63) is 58.7 Å². The van der Waals surface area contributed by atoms with Crippen molar-refractivity contribution < 1.29 is 48.9 Å². The molecule has 2 aromatic rings. The van der Waals surface area contributed by atoms with Gasteiger partial charge in [0.1, 0.15) is 23.9 Å². The molecule has 0 bridgehead atoms. The topological polar surface area (TPSA) is 322 Å². The predicted molar refractivity (Wildman–Crippen MR) is 203 cm³/mol. The van der Waals surface area contributed by atoms with Crippen LogP contribution in [0.1, 0.15) is 83.7 Å². The molecule has 4 rings (SSSR count). The number of rotatable bonds is 20. The number of carbonyl (C=O) groups is 7. The molecule has 2 aromatic carbocycles. The van der Waals surface area contributed by atoms with Gasteiger partial charge >= 0.3 is 5.97 Å². The number of unbranched alkanes of at least 4 members (excludes halogenated alkanes) is 1. The molecule has 0 spiro atoms. The highest BCUT2D eigenvalue weighted by Gasteiger charge is 2.40. The zero-order valence-electron chi connectivity index (χ0n) is 31.0. The molecule has 4 amide bonds. The lowest BCUT2D eigenvalue weighted by Gasteiger charge is -2.31. The van der Waals surface area contributed by atoms with Gasteiger partial charge in [0.05, 0.1) is 23.8 Å². The Kier molecular flexibility index (Phi) is 14.8. The number of benzene rings is 2. The van der Waals surface area contributed by atoms with E-state index in [1.54, 1.807) is 12.1 Å². The number of guanidine groups is 1. The zero-order chi connectivity index (χ0) is 41.1. The Morgan fingerprint density at radius 2 is 1.57 bits per heavy atom. The van der Waals surface area contributed by atoms with Gasteiger partial charge in [-0.25, -0.2) is 4.79 Å². The Hall–Kier alpha value is -6.08. The van der Waals surface area contributed by atoms with Crippen molar-refractivity contribution in [1.82, 2.24) is 20.9 Å². The quantitative estimate of drug-likeness (QED) is 0.0275. The van der Waals surface area contributed by atoms with E-state index in [0.717, 1.165) is 0 Å². The van der Waals surface area contributed by atoms with Gasteiger partial charge in [-0.05, 0) is 70.5 Å². The number of aliphatic hydroxyl groups is 1. The molecule has 0 saturated carbocycles. The van der Waals surface area contributed by atoms with Crippen molar-refractivity contribution in [1.29, 1.82) is 0 Å². The van der Waals surface area contributed by atoms with Crippen molar-refractivity contribution >= 4 is 52.8 Å². The van der Waals surface area contributed by atoms with E-state index in [1.165, 1.54) is 36.1 Å². The Balaban J connectivity index is 1.58. The summed E-state index contributed by atoms with van der Waals surface area (Å²) < 4.78 is 0. The monoisotopic (exact) mass is 779 g/mol. The van der Waals surface area contributed by atoms with Crippen LogP contribution in [-0.2, 0) is 24.0 Å². The van der Waals surface area contributed by atoms with E-state index >= 15 is 0 Å². The van der Waals surface area contributed by atoms with Gasteiger partial charge in [-0.15, -0.1) is 0 Å². The molecule has 0 unspecified atom stereocenters. The highest BCUT2D eigenvalue weighted by Crippen LogP contribution is 2.37. The second-order valence-corrected chi connectivity index (χ2v) is 13.7. The number of hydrogen-bond donors (Lipinski definition) is 10. The van der Waals surface area contributed by atoms with Crippen molar-refractivity contribution in [2.45, 2.75) is 82.1 Å². The molecule has 0 aromatic heterocycles. The number of aliphatic hydroxyl groups excluding tert-OH is 1. The van der Waals surface area contributed by atoms with Gasteiger partial charge in [0.15, 0.2) is 23.6 Å². The van der Waals surface area contributed by atoms with E-state index in [4.69, 9.17) is 17.2 Å². The molecule has 1 aliphatic heterocycles. The molecule has 1 heterocycles. The number of fused-ring (bicyclic) bond motifs is 2. The van der Waals surface area contributed by atoms with Crippen LogP contribution in [0.25, 0.3) is 0 Å². The van der Waals surface area contributed by atoms with Crippen LogP contribution in [-0.4, -0.2) is 124 Å². The average Bonchev–Trinajstić information content (AvgIpc) is 3.65. The molecule has 2 aliphatic rings. The largest absolute Gasteiger partial charge is 0.507 e. The number of likely N-dealkylation sites (tertiary alicyclic amines) is 1. The summed E-state index contributed by atoms with van der Waals surface area (Å²) in [6.07, 6.45) is 0.475. The molecular formula is C37H49N9O10. The predicted octanol–water partition coefficient (Wildman–Crippen LogP) is -1.33. The molecule has 13 N–H and O–H groups in total. The fraction of sp³-hybridized carbons (Fsp3) is 0.459. The van der Waals surface area contributed by atoms with Crippen LogP contribution < -0.4 is 38.5 Å². The fourth-order valence-electron chi connectivity index (χ4n) is 6.77. The minimum atomic E-state index is -1.66. The third-order valence-electron chi connectivity index (χ3n) is 9.54. The Bertz CT molecular complexity index is 1860. The molecule has 1 saturated heterocycles. The lowest BCUT2D eigenvalue weighted by molar-refractivity contribution is -0.145. The first-order valence-electron chi connectivity index (χ1n) is 18.3. The summed E-state index contributed by atoms with van der Waals surface area (Å²) in [5, 5.41) is 41.1. The first-order valence-corrected chi connectivity index (χ1v) is 18.3. The maximum atomic E-state index is 14.4. The van der Waals surface area contributed by atoms with Crippen molar-refractivity contribution in [3.8, 4) is 5.75 Å². The molecule has 5 atom stereocenters. The molecule has 1 fully saturated rings. The Morgan fingerprint density at radius 3 is 2.20 bits per heavy atom. The van der Waals surface area contributed by atoms with E-state index in [1.807, 2.05) is 0 Å². The third kappa shape index (κ3) is 10.6. The van der Waals surface area contributed by atoms with Crippen molar-refractivity contribution in [2.75, 3.05) is 31.5 Å². The summed E-state index contributed by atoms with van der Waals surface area (Å²) in [5.74, 6) is -5.76. The number of amides is 4. The summed E-state index contributed by atoms with van der Waals surface area (Å²) in [5.41, 5.74) is 16.2. The maximum Gasteiger partial charge on any atom is 0.328 e. The van der Waals surface area contributed by atoms with Crippen molar-refractivity contribution in [2.24, 2.45) is 22.2 Å². The molecule has 1 aliphatic carbocycles. The first kappa shape index (κ1) is 42.7. The number of aliphatic carboxylic acids is 1. The number of nitrogens with zero attached hydrogens (tertiary/aromatic N) is 2. The highest BCUT2D eigenvalue weighted by atomic mass is 16.4. The van der Waals surface area contributed by atoms with Gasteiger partial charge in [-0.3, -0.25) is 33.8 Å². The molecule has 56 heavy (non-hydrogen) atoms. The lowest BCUT2D eigenvalue weighted by Crippen LogP contribution is -2.57. The smallest absolute Gasteiger partial charge is 0.328 e. The average molecular weight is 780 g/mol. The number of carboxylic acids is 1. The van der Waals surface area contributed by atoms with E-state index in [0.29, 0.717) is 25.8 Å². The van der Waals surface area contributed by atoms with Gasteiger partial charge in [-0.2, -0.15) is 0 Å². The summed E-state index contributed by atoms with van der Waals surface area (Å²) in [4.78, 5) is 96.9. The number of anilines is 1. The Labute approximate surface area is 322 Å². The van der Waals surface area contributed by atoms with E-state index in [9.17, 15) is 48.9 Å². The number of phenolic OH excluding ortho intramolecular Hbond substituents is 1. The summed E-state index contributed by atoms with van der Waals surface area (Å²) >= 11 is 0. The summed E-state index contributed by atoms with van der Waals surface area (Å²) in [6.45, 7) is 1.82. The third-order valence-corrected chi connectivity index (χ3v) is 9.54. The van der Waals surface area contributed by atoms with Gasteiger partial charge in [0.25, 0.3) is 0 Å². The molecule has 0 radical (unpaired) electrons. The van der Waals surface area contributed by atoms with Crippen LogP contribution in [0.2, 0.25) is 0 Å². The minimum Gasteiger partial charge on any atom is -0.507 e. The number of nitrogens with two attached hydrogens (primary N) is 3. The number of hydrogen-bond acceptors (Lipinski definition) is 12. The van der Waals surface area contributed by atoms with Gasteiger partial charge in [0, 0.05) is 29.9 Å².